The first-order valence-electron chi connectivity index (χ1n) is 8.69. The van der Waals surface area contributed by atoms with Gasteiger partial charge in [0.05, 0.1) is 11.6 Å². The number of nitrogens with zero attached hydrogens (tertiary/aromatic N) is 1. The van der Waals surface area contributed by atoms with Crippen LogP contribution >= 0.6 is 24.8 Å². The zero-order chi connectivity index (χ0) is 17.0. The third-order valence-corrected chi connectivity index (χ3v) is 4.95. The van der Waals surface area contributed by atoms with E-state index in [1.165, 1.54) is 6.42 Å². The SMILES string of the molecule is CC(NC(=O)C1(N)CCCCC1)c1ccc(-c2cccnc2)cc1.Cl.Cl. The number of rotatable bonds is 4. The monoisotopic (exact) mass is 395 g/mol. The molecule has 6 heteroatoms. The fourth-order valence-corrected chi connectivity index (χ4v) is 3.33. The molecule has 0 saturated heterocycles. The normalized spacial score (nSPS) is 16.5. The number of halogens is 2. The minimum absolute atomic E-state index is 0. The van der Waals surface area contributed by atoms with Gasteiger partial charge in [-0.3, -0.25) is 9.78 Å². The van der Waals surface area contributed by atoms with Crippen molar-refractivity contribution in [2.24, 2.45) is 5.73 Å². The Hall–Kier alpha value is -1.62. The van der Waals surface area contributed by atoms with Crippen LogP contribution in [0.5, 0.6) is 0 Å². The molecule has 1 unspecified atom stereocenters. The molecule has 1 saturated carbocycles. The molecule has 0 aliphatic heterocycles. The molecule has 142 valence electrons. The lowest BCUT2D eigenvalue weighted by atomic mass is 9.81. The number of nitrogens with one attached hydrogen (secondary N) is 1. The van der Waals surface area contributed by atoms with Crippen molar-refractivity contribution in [1.82, 2.24) is 10.3 Å². The van der Waals surface area contributed by atoms with Crippen molar-refractivity contribution in [2.75, 3.05) is 0 Å². The maximum absolute atomic E-state index is 12.5. The molecule has 3 rings (SSSR count). The summed E-state index contributed by atoms with van der Waals surface area (Å²) < 4.78 is 0. The highest BCUT2D eigenvalue weighted by molar-refractivity contribution is 5.86. The van der Waals surface area contributed by atoms with E-state index < -0.39 is 5.54 Å². The van der Waals surface area contributed by atoms with E-state index in [0.29, 0.717) is 0 Å². The van der Waals surface area contributed by atoms with Gasteiger partial charge in [-0.25, -0.2) is 0 Å². The molecule has 0 spiro atoms. The molecular formula is C20H27Cl2N3O. The first-order chi connectivity index (χ1) is 11.6. The molecule has 0 radical (unpaired) electrons. The molecule has 1 aromatic heterocycles. The van der Waals surface area contributed by atoms with Crippen LogP contribution in [0.1, 0.15) is 50.6 Å². The number of hydrogen-bond acceptors (Lipinski definition) is 3. The first-order valence-corrected chi connectivity index (χ1v) is 8.69. The van der Waals surface area contributed by atoms with Gasteiger partial charge in [0.2, 0.25) is 5.91 Å². The lowest BCUT2D eigenvalue weighted by Gasteiger charge is -2.33. The molecule has 3 N–H and O–H groups in total. The summed E-state index contributed by atoms with van der Waals surface area (Å²) in [6.45, 7) is 2.00. The number of carbonyl (C=O) groups is 1. The maximum atomic E-state index is 12.5. The molecule has 4 nitrogen and oxygen atoms in total. The smallest absolute Gasteiger partial charge is 0.240 e. The number of pyridine rings is 1. The van der Waals surface area contributed by atoms with E-state index >= 15 is 0 Å². The fraction of sp³-hybridized carbons (Fsp3) is 0.400. The second-order valence-electron chi connectivity index (χ2n) is 6.78. The predicted octanol–water partition coefficient (Wildman–Crippen LogP) is 4.43. The summed E-state index contributed by atoms with van der Waals surface area (Å²) in [6.07, 6.45) is 8.44. The minimum Gasteiger partial charge on any atom is -0.348 e. The lowest BCUT2D eigenvalue weighted by molar-refractivity contribution is -0.128. The van der Waals surface area contributed by atoms with Crippen molar-refractivity contribution in [3.63, 3.8) is 0 Å². The molecule has 1 heterocycles. The van der Waals surface area contributed by atoms with E-state index in [9.17, 15) is 4.79 Å². The first kappa shape index (κ1) is 22.4. The summed E-state index contributed by atoms with van der Waals surface area (Å²) in [5.41, 5.74) is 8.90. The molecule has 2 aromatic rings. The van der Waals surface area contributed by atoms with Crippen LogP contribution in [0.4, 0.5) is 0 Å². The molecule has 1 amide bonds. The highest BCUT2D eigenvalue weighted by atomic mass is 35.5. The van der Waals surface area contributed by atoms with Gasteiger partial charge in [0, 0.05) is 12.4 Å². The second kappa shape index (κ2) is 9.91. The molecule has 1 aromatic carbocycles. The second-order valence-corrected chi connectivity index (χ2v) is 6.78. The van der Waals surface area contributed by atoms with Gasteiger partial charge in [-0.2, -0.15) is 0 Å². The molecule has 1 aliphatic rings. The average molecular weight is 396 g/mol. The Bertz CT molecular complexity index is 686. The number of benzene rings is 1. The summed E-state index contributed by atoms with van der Waals surface area (Å²) in [5.74, 6) is -0.0222. The molecule has 26 heavy (non-hydrogen) atoms. The largest absolute Gasteiger partial charge is 0.348 e. The van der Waals surface area contributed by atoms with E-state index in [1.54, 1.807) is 6.20 Å². The van der Waals surface area contributed by atoms with Crippen LogP contribution in [-0.4, -0.2) is 16.4 Å². The van der Waals surface area contributed by atoms with Crippen LogP contribution in [0, 0.1) is 0 Å². The van der Waals surface area contributed by atoms with Gasteiger partial charge >= 0.3 is 0 Å². The standard InChI is InChI=1S/C20H25N3O.2ClH/c1-15(23-19(24)20(21)11-3-2-4-12-20)16-7-9-17(10-8-16)18-6-5-13-22-14-18;;/h5-10,13-15H,2-4,11-12,21H2,1H3,(H,23,24);2*1H. The number of amides is 1. The van der Waals surface area contributed by atoms with Gasteiger partial charge in [-0.1, -0.05) is 49.6 Å². The van der Waals surface area contributed by atoms with Crippen LogP contribution in [0.25, 0.3) is 11.1 Å². The third kappa shape index (κ3) is 5.19. The van der Waals surface area contributed by atoms with Gasteiger partial charge < -0.3 is 11.1 Å². The number of nitrogens with two attached hydrogens (primary N) is 1. The van der Waals surface area contributed by atoms with Gasteiger partial charge in [0.15, 0.2) is 0 Å². The Labute approximate surface area is 167 Å². The van der Waals surface area contributed by atoms with Crippen LogP contribution in [0.2, 0.25) is 0 Å². The van der Waals surface area contributed by atoms with Crippen molar-refractivity contribution in [2.45, 2.75) is 50.6 Å². The zero-order valence-electron chi connectivity index (χ0n) is 15.0. The minimum atomic E-state index is -0.692. The zero-order valence-corrected chi connectivity index (χ0v) is 16.6. The predicted molar refractivity (Wildman–Crippen MR) is 111 cm³/mol. The lowest BCUT2D eigenvalue weighted by Crippen LogP contribution is -2.55. The molecule has 1 fully saturated rings. The molecule has 0 bridgehead atoms. The molecule has 1 atom stereocenters. The van der Waals surface area contributed by atoms with Crippen LogP contribution < -0.4 is 11.1 Å². The van der Waals surface area contributed by atoms with Crippen molar-refractivity contribution >= 4 is 30.7 Å². The van der Waals surface area contributed by atoms with Crippen molar-refractivity contribution < 1.29 is 4.79 Å². The Kier molecular flexibility index (Phi) is 8.54. The summed E-state index contributed by atoms with van der Waals surface area (Å²) in [4.78, 5) is 16.7. The fourth-order valence-electron chi connectivity index (χ4n) is 3.33. The Morgan fingerprint density at radius 2 is 1.73 bits per heavy atom. The van der Waals surface area contributed by atoms with Gasteiger partial charge in [-0.15, -0.1) is 24.8 Å². The van der Waals surface area contributed by atoms with Crippen molar-refractivity contribution in [3.05, 3.63) is 54.4 Å². The average Bonchev–Trinajstić information content (AvgIpc) is 2.63. The van der Waals surface area contributed by atoms with E-state index in [1.807, 2.05) is 25.3 Å². The van der Waals surface area contributed by atoms with E-state index in [-0.39, 0.29) is 36.8 Å². The topological polar surface area (TPSA) is 68.0 Å². The number of aromatic nitrogens is 1. The highest BCUT2D eigenvalue weighted by Crippen LogP contribution is 2.27. The Morgan fingerprint density at radius 3 is 2.31 bits per heavy atom. The van der Waals surface area contributed by atoms with Gasteiger partial charge in [0.25, 0.3) is 0 Å². The quantitative estimate of drug-likeness (QED) is 0.803. The van der Waals surface area contributed by atoms with E-state index in [0.717, 1.165) is 42.4 Å². The van der Waals surface area contributed by atoms with Gasteiger partial charge in [0.1, 0.15) is 0 Å². The highest BCUT2D eigenvalue weighted by Gasteiger charge is 2.35. The third-order valence-electron chi connectivity index (χ3n) is 4.95. The Balaban J connectivity index is 0.00000169. The summed E-state index contributed by atoms with van der Waals surface area (Å²) >= 11 is 0. The summed E-state index contributed by atoms with van der Waals surface area (Å²) in [5, 5.41) is 3.09. The maximum Gasteiger partial charge on any atom is 0.240 e. The van der Waals surface area contributed by atoms with Crippen molar-refractivity contribution in [3.8, 4) is 11.1 Å². The van der Waals surface area contributed by atoms with Gasteiger partial charge in [-0.05, 0) is 42.5 Å². The Morgan fingerprint density at radius 1 is 1.08 bits per heavy atom. The summed E-state index contributed by atoms with van der Waals surface area (Å²) in [7, 11) is 0. The number of hydrogen-bond donors (Lipinski definition) is 2. The van der Waals surface area contributed by atoms with E-state index in [2.05, 4.69) is 34.6 Å². The van der Waals surface area contributed by atoms with Crippen LogP contribution in [0.3, 0.4) is 0 Å². The number of carbonyl (C=O) groups excluding carboxylic acids is 1. The van der Waals surface area contributed by atoms with E-state index in [4.69, 9.17) is 5.73 Å². The van der Waals surface area contributed by atoms with Crippen molar-refractivity contribution in [1.29, 1.82) is 0 Å². The van der Waals surface area contributed by atoms with Crippen LogP contribution in [0.15, 0.2) is 48.8 Å². The summed E-state index contributed by atoms with van der Waals surface area (Å²) in [6, 6.07) is 12.1. The molecular weight excluding hydrogens is 369 g/mol. The molecule has 1 aliphatic carbocycles. The van der Waals surface area contributed by atoms with Crippen LogP contribution in [-0.2, 0) is 4.79 Å².